The molecule has 0 N–H and O–H groups in total. The Hall–Kier alpha value is -2.49. The molecule has 0 aromatic heterocycles. The van der Waals surface area contributed by atoms with Crippen LogP contribution in [0.15, 0.2) is 43.0 Å². The molecule has 0 atom stereocenters. The summed E-state index contributed by atoms with van der Waals surface area (Å²) in [5.74, 6) is 1.31. The monoisotopic (exact) mass is 367 g/mol. The zero-order valence-corrected chi connectivity index (χ0v) is 16.5. The summed E-state index contributed by atoms with van der Waals surface area (Å²) in [6, 6.07) is 12.4. The lowest BCUT2D eigenvalue weighted by Crippen LogP contribution is -2.42. The smallest absolute Gasteiger partial charge is 0.410 e. The highest BCUT2D eigenvalue weighted by atomic mass is 16.6. The van der Waals surface area contributed by atoms with E-state index in [1.807, 2.05) is 45.0 Å². The molecule has 0 radical (unpaired) electrons. The summed E-state index contributed by atoms with van der Waals surface area (Å²) in [5.41, 5.74) is 0.591. The fourth-order valence-corrected chi connectivity index (χ4v) is 3.43. The van der Waals surface area contributed by atoms with Crippen molar-refractivity contribution in [3.05, 3.63) is 48.5 Å². The molecule has 27 heavy (non-hydrogen) atoms. The lowest BCUT2D eigenvalue weighted by atomic mass is 9.98. The summed E-state index contributed by atoms with van der Waals surface area (Å²) in [6.07, 6.45) is 3.50. The summed E-state index contributed by atoms with van der Waals surface area (Å²) < 4.78 is 11.6. The van der Waals surface area contributed by atoms with Crippen LogP contribution in [0.5, 0.6) is 5.75 Å². The second-order valence-corrected chi connectivity index (χ2v) is 8.12. The Labute approximate surface area is 161 Å². The van der Waals surface area contributed by atoms with Crippen molar-refractivity contribution in [1.82, 2.24) is 4.90 Å². The maximum atomic E-state index is 12.2. The molecular formula is C23H29NO3. The molecule has 1 aliphatic heterocycles. The highest BCUT2D eigenvalue weighted by molar-refractivity contribution is 5.92. The van der Waals surface area contributed by atoms with Crippen LogP contribution < -0.4 is 4.74 Å². The summed E-state index contributed by atoms with van der Waals surface area (Å²) in [6.45, 7) is 11.7. The van der Waals surface area contributed by atoms with Gasteiger partial charge in [-0.2, -0.15) is 0 Å². The molecule has 1 heterocycles. The minimum absolute atomic E-state index is 0.217. The molecule has 0 saturated carbocycles. The number of fused-ring (bicyclic) bond motifs is 1. The Morgan fingerprint density at radius 1 is 1.19 bits per heavy atom. The summed E-state index contributed by atoms with van der Waals surface area (Å²) >= 11 is 0. The molecule has 1 amide bonds. The van der Waals surface area contributed by atoms with Crippen LogP contribution in [0, 0.1) is 5.92 Å². The van der Waals surface area contributed by atoms with Crippen LogP contribution in [0.25, 0.3) is 16.8 Å². The summed E-state index contributed by atoms with van der Waals surface area (Å²) in [5, 5.41) is 2.34. The number of hydrogen-bond acceptors (Lipinski definition) is 3. The highest BCUT2D eigenvalue weighted by Crippen LogP contribution is 2.30. The maximum Gasteiger partial charge on any atom is 0.410 e. The van der Waals surface area contributed by atoms with Gasteiger partial charge in [0.15, 0.2) is 0 Å². The lowest BCUT2D eigenvalue weighted by Gasteiger charge is -2.33. The first-order valence-corrected chi connectivity index (χ1v) is 9.62. The number of ether oxygens (including phenoxy) is 2. The van der Waals surface area contributed by atoms with E-state index in [4.69, 9.17) is 9.47 Å². The maximum absolute atomic E-state index is 12.2. The van der Waals surface area contributed by atoms with Crippen molar-refractivity contribution in [2.45, 2.75) is 39.2 Å². The second kappa shape index (κ2) is 8.03. The molecule has 0 spiro atoms. The van der Waals surface area contributed by atoms with Crippen molar-refractivity contribution < 1.29 is 14.3 Å². The van der Waals surface area contributed by atoms with Crippen LogP contribution in [0.4, 0.5) is 4.79 Å². The Morgan fingerprint density at radius 3 is 2.56 bits per heavy atom. The van der Waals surface area contributed by atoms with Gasteiger partial charge in [-0.15, -0.1) is 0 Å². The number of hydrogen-bond donors (Lipinski definition) is 0. The van der Waals surface area contributed by atoms with Crippen molar-refractivity contribution in [1.29, 1.82) is 0 Å². The molecule has 144 valence electrons. The predicted molar refractivity (Wildman–Crippen MR) is 110 cm³/mol. The molecule has 1 fully saturated rings. The molecule has 1 saturated heterocycles. The van der Waals surface area contributed by atoms with Gasteiger partial charge in [-0.05, 0) is 56.4 Å². The topological polar surface area (TPSA) is 38.8 Å². The third-order valence-electron chi connectivity index (χ3n) is 4.88. The molecule has 4 nitrogen and oxygen atoms in total. The van der Waals surface area contributed by atoms with E-state index >= 15 is 0 Å². The van der Waals surface area contributed by atoms with E-state index in [2.05, 4.69) is 24.8 Å². The molecule has 2 aromatic carbocycles. The van der Waals surface area contributed by atoms with Crippen LogP contribution >= 0.6 is 0 Å². The average Bonchev–Trinajstić information content (AvgIpc) is 2.64. The fourth-order valence-electron chi connectivity index (χ4n) is 3.43. The van der Waals surface area contributed by atoms with Crippen LogP contribution in [-0.4, -0.2) is 36.3 Å². The molecule has 1 aliphatic rings. The van der Waals surface area contributed by atoms with Crippen LogP contribution in [0.3, 0.4) is 0 Å². The normalized spacial score (nSPS) is 15.6. The zero-order valence-electron chi connectivity index (χ0n) is 16.5. The van der Waals surface area contributed by atoms with Gasteiger partial charge in [0.1, 0.15) is 11.4 Å². The number of carbonyl (C=O) groups is 1. The van der Waals surface area contributed by atoms with Gasteiger partial charge in [0, 0.05) is 18.7 Å². The number of nitrogens with zero attached hydrogens (tertiary/aromatic N) is 1. The highest BCUT2D eigenvalue weighted by Gasteiger charge is 2.27. The number of amides is 1. The van der Waals surface area contributed by atoms with Gasteiger partial charge in [0.25, 0.3) is 0 Å². The zero-order chi connectivity index (χ0) is 19.4. The molecule has 0 aliphatic carbocycles. The molecule has 3 rings (SSSR count). The van der Waals surface area contributed by atoms with Crippen molar-refractivity contribution in [2.24, 2.45) is 5.92 Å². The molecule has 0 bridgehead atoms. The molecule has 4 heteroatoms. The van der Waals surface area contributed by atoms with Crippen molar-refractivity contribution in [3.8, 4) is 5.75 Å². The third-order valence-corrected chi connectivity index (χ3v) is 4.88. The van der Waals surface area contributed by atoms with Gasteiger partial charge in [-0.25, -0.2) is 4.79 Å². The van der Waals surface area contributed by atoms with Gasteiger partial charge < -0.3 is 14.4 Å². The molecule has 2 aromatic rings. The number of carbonyl (C=O) groups excluding carboxylic acids is 1. The van der Waals surface area contributed by atoms with Crippen molar-refractivity contribution in [2.75, 3.05) is 19.7 Å². The Kier molecular flexibility index (Phi) is 5.73. The van der Waals surface area contributed by atoms with E-state index in [9.17, 15) is 4.79 Å². The number of benzene rings is 2. The Bertz CT molecular complexity index is 814. The minimum atomic E-state index is -0.450. The Balaban J connectivity index is 1.57. The second-order valence-electron chi connectivity index (χ2n) is 8.12. The van der Waals surface area contributed by atoms with Gasteiger partial charge >= 0.3 is 6.09 Å². The lowest BCUT2D eigenvalue weighted by molar-refractivity contribution is 0.0165. The standard InChI is InChI=1S/C23H29NO3/c1-5-19-20-9-7-6-8-18(20)10-11-21(19)26-16-17-12-14-24(15-13-17)22(25)27-23(2,3)4/h5-11,17H,1,12-16H2,2-4H3. The largest absolute Gasteiger partial charge is 0.493 e. The minimum Gasteiger partial charge on any atom is -0.493 e. The van der Waals surface area contributed by atoms with E-state index in [0.29, 0.717) is 12.5 Å². The van der Waals surface area contributed by atoms with E-state index < -0.39 is 5.60 Å². The van der Waals surface area contributed by atoms with Crippen LogP contribution in [0.1, 0.15) is 39.2 Å². The quantitative estimate of drug-likeness (QED) is 0.715. The molecule has 0 unspecified atom stereocenters. The van der Waals surface area contributed by atoms with Crippen LogP contribution in [-0.2, 0) is 4.74 Å². The van der Waals surface area contributed by atoms with E-state index in [1.165, 1.54) is 5.39 Å². The van der Waals surface area contributed by atoms with Crippen molar-refractivity contribution >= 4 is 22.9 Å². The Morgan fingerprint density at radius 2 is 1.89 bits per heavy atom. The van der Waals surface area contributed by atoms with Gasteiger partial charge in [0.05, 0.1) is 6.61 Å². The number of piperidine rings is 1. The van der Waals surface area contributed by atoms with E-state index in [-0.39, 0.29) is 6.09 Å². The third kappa shape index (κ3) is 4.82. The molecular weight excluding hydrogens is 338 g/mol. The van der Waals surface area contributed by atoms with E-state index in [1.54, 1.807) is 4.90 Å². The average molecular weight is 367 g/mol. The first-order valence-electron chi connectivity index (χ1n) is 9.62. The van der Waals surface area contributed by atoms with Crippen LogP contribution in [0.2, 0.25) is 0 Å². The number of likely N-dealkylation sites (tertiary alicyclic amines) is 1. The van der Waals surface area contributed by atoms with Gasteiger partial charge in [0.2, 0.25) is 0 Å². The fraction of sp³-hybridized carbons (Fsp3) is 0.435. The SMILES string of the molecule is C=Cc1c(OCC2CCN(C(=O)OC(C)(C)C)CC2)ccc2ccccc12. The van der Waals surface area contributed by atoms with Gasteiger partial charge in [-0.3, -0.25) is 0 Å². The first-order chi connectivity index (χ1) is 12.9. The van der Waals surface area contributed by atoms with Crippen molar-refractivity contribution in [3.63, 3.8) is 0 Å². The van der Waals surface area contributed by atoms with Gasteiger partial charge in [-0.1, -0.05) is 43.0 Å². The first kappa shape index (κ1) is 19.3. The predicted octanol–water partition coefficient (Wildman–Crippen LogP) is 5.51. The summed E-state index contributed by atoms with van der Waals surface area (Å²) in [4.78, 5) is 14.0. The number of rotatable bonds is 4. The summed E-state index contributed by atoms with van der Waals surface area (Å²) in [7, 11) is 0. The van der Waals surface area contributed by atoms with E-state index in [0.717, 1.165) is 42.6 Å².